The van der Waals surface area contributed by atoms with E-state index in [1.807, 2.05) is 12.1 Å². The van der Waals surface area contributed by atoms with Gasteiger partial charge in [-0.2, -0.15) is 0 Å². The lowest BCUT2D eigenvalue weighted by molar-refractivity contribution is 0.133. The third kappa shape index (κ3) is 3.28. The normalized spacial score (nSPS) is 14.4. The van der Waals surface area contributed by atoms with Crippen molar-refractivity contribution in [2.75, 3.05) is 33.0 Å². The maximum absolute atomic E-state index is 5.71. The van der Waals surface area contributed by atoms with E-state index in [2.05, 4.69) is 25.3 Å². The lowest BCUT2D eigenvalue weighted by atomic mass is 9.95. The van der Waals surface area contributed by atoms with Crippen LogP contribution in [0.3, 0.4) is 0 Å². The van der Waals surface area contributed by atoms with Crippen LogP contribution < -0.4 is 15.2 Å². The van der Waals surface area contributed by atoms with Crippen LogP contribution in [0.4, 0.5) is 0 Å². The summed E-state index contributed by atoms with van der Waals surface area (Å²) in [6.07, 6.45) is 0. The zero-order valence-corrected chi connectivity index (χ0v) is 14.1. The van der Waals surface area contributed by atoms with Gasteiger partial charge in [0.1, 0.15) is 19.0 Å². The van der Waals surface area contributed by atoms with Gasteiger partial charge < -0.3 is 24.5 Å². The fourth-order valence-corrected chi connectivity index (χ4v) is 2.80. The van der Waals surface area contributed by atoms with Gasteiger partial charge in [-0.25, -0.2) is 4.98 Å². The molecule has 3 rings (SSSR count). The van der Waals surface area contributed by atoms with Gasteiger partial charge in [0, 0.05) is 30.6 Å². The molecule has 0 fully saturated rings. The van der Waals surface area contributed by atoms with Gasteiger partial charge in [-0.15, -0.1) is 0 Å². The highest BCUT2D eigenvalue weighted by molar-refractivity contribution is 5.81. The molecule has 6 heteroatoms. The fourth-order valence-electron chi connectivity index (χ4n) is 2.80. The Hall–Kier alpha value is -1.79. The minimum Gasteiger partial charge on any atom is -0.486 e. The molecule has 0 spiro atoms. The Morgan fingerprint density at radius 3 is 2.52 bits per heavy atom. The summed E-state index contributed by atoms with van der Waals surface area (Å²) >= 11 is 0. The van der Waals surface area contributed by atoms with Crippen LogP contribution in [0.2, 0.25) is 0 Å². The number of nitrogens with two attached hydrogens (primary N) is 1. The van der Waals surface area contributed by atoms with Crippen LogP contribution in [-0.2, 0) is 16.7 Å². The molecule has 0 saturated carbocycles. The summed E-state index contributed by atoms with van der Waals surface area (Å²) < 4.78 is 19.1. The van der Waals surface area contributed by atoms with Crippen LogP contribution in [0, 0.1) is 0 Å². The highest BCUT2D eigenvalue weighted by Gasteiger charge is 2.24. The molecule has 2 heterocycles. The van der Waals surface area contributed by atoms with E-state index in [1.165, 1.54) is 0 Å². The molecule has 6 nitrogen and oxygen atoms in total. The Morgan fingerprint density at radius 2 is 1.87 bits per heavy atom. The second kappa shape index (κ2) is 6.37. The number of benzene rings is 1. The highest BCUT2D eigenvalue weighted by atomic mass is 16.6. The molecule has 2 N–H and O–H groups in total. The maximum Gasteiger partial charge on any atom is 0.163 e. The highest BCUT2D eigenvalue weighted by Crippen LogP contribution is 2.36. The SMILES string of the molecule is CC(C)(C)c1nc2cc3c(cc2n1CCOCCN)OCCO3. The molecule has 23 heavy (non-hydrogen) atoms. The van der Waals surface area contributed by atoms with Crippen LogP contribution in [0.15, 0.2) is 12.1 Å². The maximum atomic E-state index is 5.71. The summed E-state index contributed by atoms with van der Waals surface area (Å²) in [6.45, 7) is 10.1. The summed E-state index contributed by atoms with van der Waals surface area (Å²) in [7, 11) is 0. The van der Waals surface area contributed by atoms with Gasteiger partial charge in [0.25, 0.3) is 0 Å². The minimum absolute atomic E-state index is 0.0604. The van der Waals surface area contributed by atoms with Crippen molar-refractivity contribution in [3.05, 3.63) is 18.0 Å². The van der Waals surface area contributed by atoms with Crippen LogP contribution >= 0.6 is 0 Å². The third-order valence-electron chi connectivity index (χ3n) is 3.80. The van der Waals surface area contributed by atoms with Gasteiger partial charge in [0.2, 0.25) is 0 Å². The number of rotatable bonds is 5. The Kier molecular flexibility index (Phi) is 4.46. The van der Waals surface area contributed by atoms with Gasteiger partial charge in [0.05, 0.1) is 24.2 Å². The Morgan fingerprint density at radius 1 is 1.17 bits per heavy atom. The van der Waals surface area contributed by atoms with Crippen molar-refractivity contribution in [1.29, 1.82) is 0 Å². The Labute approximate surface area is 136 Å². The molecule has 0 unspecified atom stereocenters. The number of imidazole rings is 1. The Bertz CT molecular complexity index is 688. The summed E-state index contributed by atoms with van der Waals surface area (Å²) in [6, 6.07) is 3.99. The summed E-state index contributed by atoms with van der Waals surface area (Å²) in [5.74, 6) is 2.59. The molecular formula is C17H25N3O3. The van der Waals surface area contributed by atoms with Crippen LogP contribution in [0.1, 0.15) is 26.6 Å². The molecule has 1 aliphatic heterocycles. The van der Waals surface area contributed by atoms with Gasteiger partial charge in [-0.1, -0.05) is 20.8 Å². The second-order valence-corrected chi connectivity index (χ2v) is 6.72. The molecule has 1 aromatic heterocycles. The van der Waals surface area contributed by atoms with E-state index in [0.717, 1.165) is 34.9 Å². The number of hydrogen-bond acceptors (Lipinski definition) is 5. The topological polar surface area (TPSA) is 71.5 Å². The van der Waals surface area contributed by atoms with Gasteiger partial charge in [-0.05, 0) is 0 Å². The van der Waals surface area contributed by atoms with Crippen LogP contribution in [0.25, 0.3) is 11.0 Å². The third-order valence-corrected chi connectivity index (χ3v) is 3.80. The van der Waals surface area contributed by atoms with Crippen LogP contribution in [-0.4, -0.2) is 42.5 Å². The van der Waals surface area contributed by atoms with Gasteiger partial charge in [0.15, 0.2) is 11.5 Å². The number of aromatic nitrogens is 2. The average Bonchev–Trinajstić information content (AvgIpc) is 2.87. The van der Waals surface area contributed by atoms with Crippen molar-refractivity contribution in [1.82, 2.24) is 9.55 Å². The molecule has 126 valence electrons. The molecule has 0 amide bonds. The molecule has 0 atom stereocenters. The molecule has 0 aliphatic carbocycles. The zero-order valence-electron chi connectivity index (χ0n) is 14.1. The van der Waals surface area contributed by atoms with Gasteiger partial charge in [-0.3, -0.25) is 0 Å². The number of fused-ring (bicyclic) bond motifs is 2. The molecule has 2 aromatic rings. The van der Waals surface area contributed by atoms with Crippen molar-refractivity contribution < 1.29 is 14.2 Å². The average molecular weight is 319 g/mol. The van der Waals surface area contributed by atoms with Crippen molar-refractivity contribution in [3.63, 3.8) is 0 Å². The van der Waals surface area contributed by atoms with E-state index in [-0.39, 0.29) is 5.41 Å². The molecule has 0 saturated heterocycles. The smallest absolute Gasteiger partial charge is 0.163 e. The minimum atomic E-state index is -0.0604. The largest absolute Gasteiger partial charge is 0.486 e. The number of ether oxygens (including phenoxy) is 3. The summed E-state index contributed by atoms with van der Waals surface area (Å²) in [5.41, 5.74) is 7.40. The monoisotopic (exact) mass is 319 g/mol. The summed E-state index contributed by atoms with van der Waals surface area (Å²) in [5, 5.41) is 0. The predicted octanol–water partition coefficient (Wildman–Crippen LogP) is 2.08. The van der Waals surface area contributed by atoms with Crippen molar-refractivity contribution >= 4 is 11.0 Å². The van der Waals surface area contributed by atoms with E-state index in [1.54, 1.807) is 0 Å². The second-order valence-electron chi connectivity index (χ2n) is 6.72. The molecule has 0 radical (unpaired) electrons. The first-order valence-corrected chi connectivity index (χ1v) is 8.09. The Balaban J connectivity index is 2.01. The quantitative estimate of drug-likeness (QED) is 0.854. The molecular weight excluding hydrogens is 294 g/mol. The van der Waals surface area contributed by atoms with E-state index < -0.39 is 0 Å². The van der Waals surface area contributed by atoms with E-state index >= 15 is 0 Å². The van der Waals surface area contributed by atoms with E-state index in [9.17, 15) is 0 Å². The van der Waals surface area contributed by atoms with Crippen LogP contribution in [0.5, 0.6) is 11.5 Å². The lowest BCUT2D eigenvalue weighted by Gasteiger charge is -2.21. The first-order valence-electron chi connectivity index (χ1n) is 8.09. The first-order chi connectivity index (χ1) is 11.0. The van der Waals surface area contributed by atoms with Crippen molar-refractivity contribution in [2.45, 2.75) is 32.7 Å². The molecule has 1 aromatic carbocycles. The molecule has 0 bridgehead atoms. The lowest BCUT2D eigenvalue weighted by Crippen LogP contribution is -2.21. The standard InChI is InChI=1S/C17H25N3O3/c1-17(2,3)16-19-12-10-14-15(23-9-8-22-14)11-13(12)20(16)5-7-21-6-4-18/h10-11H,4-9,18H2,1-3H3. The van der Waals surface area contributed by atoms with Crippen molar-refractivity contribution in [3.8, 4) is 11.5 Å². The van der Waals surface area contributed by atoms with E-state index in [4.69, 9.17) is 24.9 Å². The van der Waals surface area contributed by atoms with Gasteiger partial charge >= 0.3 is 0 Å². The fraction of sp³-hybridized carbons (Fsp3) is 0.588. The van der Waals surface area contributed by atoms with Crippen molar-refractivity contribution in [2.24, 2.45) is 5.73 Å². The predicted molar refractivity (Wildman–Crippen MR) is 89.3 cm³/mol. The zero-order chi connectivity index (χ0) is 16.4. The molecule has 1 aliphatic rings. The van der Waals surface area contributed by atoms with E-state index in [0.29, 0.717) is 33.0 Å². The number of nitrogens with zero attached hydrogens (tertiary/aromatic N) is 2. The number of hydrogen-bond donors (Lipinski definition) is 1. The summed E-state index contributed by atoms with van der Waals surface area (Å²) in [4.78, 5) is 4.84. The first kappa shape index (κ1) is 16.1.